The summed E-state index contributed by atoms with van der Waals surface area (Å²) in [6, 6.07) is 8.20. The highest BCUT2D eigenvalue weighted by Gasteiger charge is 1.99. The van der Waals surface area contributed by atoms with Crippen molar-refractivity contribution in [1.29, 1.82) is 0 Å². The molecule has 0 aliphatic heterocycles. The van der Waals surface area contributed by atoms with Crippen LogP contribution in [0.2, 0.25) is 0 Å². The number of phenolic OH excluding ortho intramolecular Hbond substituents is 1. The Hall–Kier alpha value is -2.10. The minimum atomic E-state index is 0.205. The third-order valence-electron chi connectivity index (χ3n) is 1.84. The van der Waals surface area contributed by atoms with E-state index in [1.54, 1.807) is 41.2 Å². The molecule has 0 aliphatic rings. The fraction of sp³-hybridized carbons (Fsp3) is 0. The predicted molar refractivity (Wildman–Crippen MR) is 50.6 cm³/mol. The Balaban J connectivity index is 2.39. The molecule has 0 bridgehead atoms. The Morgan fingerprint density at radius 3 is 2.50 bits per heavy atom. The van der Waals surface area contributed by atoms with Crippen molar-refractivity contribution in [2.24, 2.45) is 0 Å². The van der Waals surface area contributed by atoms with Crippen LogP contribution < -0.4 is 0 Å². The first-order chi connectivity index (χ1) is 6.79. The van der Waals surface area contributed by atoms with Crippen LogP contribution in [0.25, 0.3) is 5.69 Å². The fourth-order valence-electron chi connectivity index (χ4n) is 1.15. The Bertz CT molecular complexity index is 445. The summed E-state index contributed by atoms with van der Waals surface area (Å²) in [6.07, 6.45) is 2.38. The van der Waals surface area contributed by atoms with Gasteiger partial charge in [-0.3, -0.25) is 4.79 Å². The van der Waals surface area contributed by atoms with Gasteiger partial charge in [-0.2, -0.15) is 5.10 Å². The molecule has 1 heterocycles. The smallest absolute Gasteiger partial charge is 0.170 e. The number of aromatic nitrogens is 2. The number of carbonyl (C=O) groups is 1. The lowest BCUT2D eigenvalue weighted by Crippen LogP contribution is -1.94. The summed E-state index contributed by atoms with van der Waals surface area (Å²) in [5.41, 5.74) is 1.19. The van der Waals surface area contributed by atoms with Crippen LogP contribution in [0.1, 0.15) is 10.5 Å². The van der Waals surface area contributed by atoms with Gasteiger partial charge in [0.15, 0.2) is 6.29 Å². The predicted octanol–water partition coefficient (Wildman–Crippen LogP) is 1.39. The van der Waals surface area contributed by atoms with Crippen LogP contribution in [0.3, 0.4) is 0 Å². The second-order valence-electron chi connectivity index (χ2n) is 2.82. The van der Waals surface area contributed by atoms with Gasteiger partial charge in [-0.05, 0) is 30.3 Å². The van der Waals surface area contributed by atoms with Crippen LogP contribution in [-0.4, -0.2) is 21.2 Å². The van der Waals surface area contributed by atoms with Crippen LogP contribution in [0, 0.1) is 0 Å². The summed E-state index contributed by atoms with van der Waals surface area (Å²) in [4.78, 5) is 10.4. The van der Waals surface area contributed by atoms with Gasteiger partial charge in [-0.25, -0.2) is 4.68 Å². The number of phenols is 1. The van der Waals surface area contributed by atoms with Gasteiger partial charge in [0.1, 0.15) is 11.4 Å². The minimum Gasteiger partial charge on any atom is -0.508 e. The maximum absolute atomic E-state index is 10.4. The maximum atomic E-state index is 10.4. The second-order valence-corrected chi connectivity index (χ2v) is 2.82. The summed E-state index contributed by atoms with van der Waals surface area (Å²) in [7, 11) is 0. The number of nitrogens with zero attached hydrogens (tertiary/aromatic N) is 2. The Morgan fingerprint density at radius 2 is 1.93 bits per heavy atom. The summed E-state index contributed by atoms with van der Waals surface area (Å²) in [5.74, 6) is 0.205. The van der Waals surface area contributed by atoms with Crippen molar-refractivity contribution < 1.29 is 9.90 Å². The van der Waals surface area contributed by atoms with Crippen molar-refractivity contribution >= 4 is 6.29 Å². The number of rotatable bonds is 2. The third-order valence-corrected chi connectivity index (χ3v) is 1.84. The first-order valence-electron chi connectivity index (χ1n) is 4.10. The highest BCUT2D eigenvalue weighted by atomic mass is 16.3. The lowest BCUT2D eigenvalue weighted by atomic mass is 10.3. The van der Waals surface area contributed by atoms with Gasteiger partial charge in [0.2, 0.25) is 0 Å². The minimum absolute atomic E-state index is 0.205. The van der Waals surface area contributed by atoms with Crippen molar-refractivity contribution in [1.82, 2.24) is 9.78 Å². The number of aromatic hydroxyl groups is 1. The van der Waals surface area contributed by atoms with E-state index in [9.17, 15) is 4.79 Å². The summed E-state index contributed by atoms with van der Waals surface area (Å²) in [6.45, 7) is 0. The van der Waals surface area contributed by atoms with Crippen molar-refractivity contribution in [2.45, 2.75) is 0 Å². The average Bonchev–Trinajstić information content (AvgIpc) is 2.67. The molecule has 0 aliphatic carbocycles. The molecule has 0 fully saturated rings. The van der Waals surface area contributed by atoms with Gasteiger partial charge < -0.3 is 5.11 Å². The Labute approximate surface area is 80.4 Å². The van der Waals surface area contributed by atoms with Crippen LogP contribution >= 0.6 is 0 Å². The monoisotopic (exact) mass is 188 g/mol. The molecule has 14 heavy (non-hydrogen) atoms. The Morgan fingerprint density at radius 1 is 1.21 bits per heavy atom. The molecule has 1 N–H and O–H groups in total. The van der Waals surface area contributed by atoms with Crippen LogP contribution in [0.15, 0.2) is 36.5 Å². The molecule has 0 spiro atoms. The summed E-state index contributed by atoms with van der Waals surface area (Å²) < 4.78 is 1.57. The zero-order valence-corrected chi connectivity index (χ0v) is 7.29. The number of carbonyl (C=O) groups excluding carboxylic acids is 1. The standard InChI is InChI=1S/C10H8N2O2/c13-7-8-5-6-12(11-8)9-1-3-10(14)4-2-9/h1-7,14H. The normalized spacial score (nSPS) is 10.0. The molecular formula is C10H8N2O2. The van der Waals surface area contributed by atoms with Crippen LogP contribution in [0.4, 0.5) is 0 Å². The van der Waals surface area contributed by atoms with E-state index in [0.717, 1.165) is 5.69 Å². The molecule has 4 heteroatoms. The van der Waals surface area contributed by atoms with Gasteiger partial charge in [-0.15, -0.1) is 0 Å². The molecule has 1 aromatic heterocycles. The van der Waals surface area contributed by atoms with E-state index in [4.69, 9.17) is 5.11 Å². The van der Waals surface area contributed by atoms with Crippen molar-refractivity contribution in [2.75, 3.05) is 0 Å². The van der Waals surface area contributed by atoms with E-state index < -0.39 is 0 Å². The lowest BCUT2D eigenvalue weighted by Gasteiger charge is -1.99. The summed E-state index contributed by atoms with van der Waals surface area (Å²) >= 11 is 0. The lowest BCUT2D eigenvalue weighted by molar-refractivity contribution is 0.111. The van der Waals surface area contributed by atoms with Gasteiger partial charge in [-0.1, -0.05) is 0 Å². The first kappa shape index (κ1) is 8.50. The van der Waals surface area contributed by atoms with Gasteiger partial charge in [0, 0.05) is 6.20 Å². The maximum Gasteiger partial charge on any atom is 0.170 e. The fourth-order valence-corrected chi connectivity index (χ4v) is 1.15. The molecule has 1 aromatic carbocycles. The number of aldehydes is 1. The van der Waals surface area contributed by atoms with Crippen LogP contribution in [0.5, 0.6) is 5.75 Å². The molecule has 2 rings (SSSR count). The number of hydrogen-bond donors (Lipinski definition) is 1. The van der Waals surface area contributed by atoms with E-state index in [1.165, 1.54) is 0 Å². The second kappa shape index (κ2) is 3.33. The van der Waals surface area contributed by atoms with E-state index in [0.29, 0.717) is 12.0 Å². The largest absolute Gasteiger partial charge is 0.508 e. The zero-order chi connectivity index (χ0) is 9.97. The van der Waals surface area contributed by atoms with Gasteiger partial charge in [0.25, 0.3) is 0 Å². The molecule has 0 radical (unpaired) electrons. The van der Waals surface area contributed by atoms with Crippen LogP contribution in [-0.2, 0) is 0 Å². The molecule has 0 saturated heterocycles. The molecule has 0 amide bonds. The molecule has 4 nitrogen and oxygen atoms in total. The average molecular weight is 188 g/mol. The van der Waals surface area contributed by atoms with Gasteiger partial charge in [0.05, 0.1) is 5.69 Å². The van der Waals surface area contributed by atoms with E-state index in [1.807, 2.05) is 0 Å². The Kier molecular flexibility index (Phi) is 2.02. The molecule has 0 atom stereocenters. The van der Waals surface area contributed by atoms with Crippen molar-refractivity contribution in [3.63, 3.8) is 0 Å². The topological polar surface area (TPSA) is 55.1 Å². The zero-order valence-electron chi connectivity index (χ0n) is 7.29. The first-order valence-corrected chi connectivity index (χ1v) is 4.10. The molecule has 0 unspecified atom stereocenters. The number of benzene rings is 1. The highest BCUT2D eigenvalue weighted by molar-refractivity contribution is 5.71. The highest BCUT2D eigenvalue weighted by Crippen LogP contribution is 2.12. The van der Waals surface area contributed by atoms with E-state index in [-0.39, 0.29) is 5.75 Å². The third kappa shape index (κ3) is 1.50. The van der Waals surface area contributed by atoms with Gasteiger partial charge >= 0.3 is 0 Å². The number of hydrogen-bond acceptors (Lipinski definition) is 3. The quantitative estimate of drug-likeness (QED) is 0.724. The summed E-state index contributed by atoms with van der Waals surface area (Å²) in [5, 5.41) is 13.1. The SMILES string of the molecule is O=Cc1ccn(-c2ccc(O)cc2)n1. The molecule has 2 aromatic rings. The van der Waals surface area contributed by atoms with Crippen molar-refractivity contribution in [3.8, 4) is 11.4 Å². The van der Waals surface area contributed by atoms with E-state index in [2.05, 4.69) is 5.10 Å². The molecule has 0 saturated carbocycles. The van der Waals surface area contributed by atoms with Crippen molar-refractivity contribution in [3.05, 3.63) is 42.2 Å². The van der Waals surface area contributed by atoms with E-state index >= 15 is 0 Å². The molecular weight excluding hydrogens is 180 g/mol. The molecule has 70 valence electrons.